The fourth-order valence-corrected chi connectivity index (χ4v) is 0.786. The van der Waals surface area contributed by atoms with E-state index in [9.17, 15) is 26.4 Å². The molecule has 0 saturated carbocycles. The number of halogens is 3. The average molecular weight is 243 g/mol. The number of alkyl halides is 3. The second kappa shape index (κ2) is 6.25. The predicted molar refractivity (Wildman–Crippen MR) is 40.9 cm³/mol. The van der Waals surface area contributed by atoms with Crippen LogP contribution < -0.4 is 23.6 Å². The van der Waals surface area contributed by atoms with Crippen molar-refractivity contribution in [2.75, 3.05) is 6.61 Å². The number of carbonyl (C=O) groups excluding carboxylic acids is 1. The van der Waals surface area contributed by atoms with E-state index in [1.54, 1.807) is 6.92 Å². The summed E-state index contributed by atoms with van der Waals surface area (Å²) in [5.41, 5.74) is -5.52. The smallest absolute Gasteiger partial charge is 1.00 e. The standard InChI is InChI=1S/C5H8F3NO4S.Li.H/c1-2-3-13-4(10)9-14(11,12)5(6,7)8;;/h2-3H2,1H3,(H,9,10);;/q;+1;-1. The van der Waals surface area contributed by atoms with E-state index in [0.717, 1.165) is 4.72 Å². The minimum atomic E-state index is -5.65. The van der Waals surface area contributed by atoms with Crippen LogP contribution in [0.5, 0.6) is 0 Å². The van der Waals surface area contributed by atoms with Crippen molar-refractivity contribution in [3.63, 3.8) is 0 Å². The molecule has 0 rings (SSSR count). The van der Waals surface area contributed by atoms with Gasteiger partial charge in [0.05, 0.1) is 6.61 Å². The third-order valence-electron chi connectivity index (χ3n) is 0.960. The largest absolute Gasteiger partial charge is 1.00 e. The molecule has 0 aliphatic heterocycles. The van der Waals surface area contributed by atoms with Crippen molar-refractivity contribution < 1.29 is 51.4 Å². The molecule has 15 heavy (non-hydrogen) atoms. The molecule has 0 spiro atoms. The molecule has 5 nitrogen and oxygen atoms in total. The van der Waals surface area contributed by atoms with Crippen molar-refractivity contribution in [3.05, 3.63) is 0 Å². The van der Waals surface area contributed by atoms with Gasteiger partial charge < -0.3 is 6.16 Å². The number of ether oxygens (including phenoxy) is 1. The van der Waals surface area contributed by atoms with Gasteiger partial charge in [0, 0.05) is 0 Å². The van der Waals surface area contributed by atoms with Crippen molar-refractivity contribution in [2.24, 2.45) is 0 Å². The Kier molecular flexibility index (Phi) is 7.09. The summed E-state index contributed by atoms with van der Waals surface area (Å²) in [4.78, 5) is 10.5. The van der Waals surface area contributed by atoms with Crippen molar-refractivity contribution in [1.82, 2.24) is 4.72 Å². The van der Waals surface area contributed by atoms with Crippen LogP contribution in [0.1, 0.15) is 14.8 Å². The maximum atomic E-state index is 11.7. The quantitative estimate of drug-likeness (QED) is 0.587. The molecule has 0 aromatic rings. The van der Waals surface area contributed by atoms with Crippen LogP contribution in [0.25, 0.3) is 0 Å². The van der Waals surface area contributed by atoms with Crippen LogP contribution in [0.15, 0.2) is 0 Å². The minimum Gasteiger partial charge on any atom is -1.00 e. The van der Waals surface area contributed by atoms with Crippen molar-refractivity contribution in [1.29, 1.82) is 0 Å². The van der Waals surface area contributed by atoms with Gasteiger partial charge in [-0.05, 0) is 6.42 Å². The molecule has 0 bridgehead atoms. The van der Waals surface area contributed by atoms with Crippen molar-refractivity contribution in [2.45, 2.75) is 18.9 Å². The Balaban J connectivity index is -0.000000845. The van der Waals surface area contributed by atoms with Gasteiger partial charge in [-0.3, -0.25) is 0 Å². The number of rotatable bonds is 3. The Bertz CT molecular complexity index is 307. The van der Waals surface area contributed by atoms with E-state index in [2.05, 4.69) is 4.74 Å². The molecule has 0 aromatic heterocycles. The van der Waals surface area contributed by atoms with E-state index < -0.39 is 21.6 Å². The molecule has 0 fully saturated rings. The van der Waals surface area contributed by atoms with Gasteiger partial charge in [0.1, 0.15) is 0 Å². The molecule has 0 atom stereocenters. The van der Waals surface area contributed by atoms with E-state index in [1.165, 1.54) is 0 Å². The fourth-order valence-electron chi connectivity index (χ4n) is 0.392. The Labute approximate surface area is 98.1 Å². The summed E-state index contributed by atoms with van der Waals surface area (Å²) in [5.74, 6) is 0. The third-order valence-corrected chi connectivity index (χ3v) is 2.00. The Morgan fingerprint density at radius 1 is 1.47 bits per heavy atom. The molecule has 86 valence electrons. The van der Waals surface area contributed by atoms with Crippen LogP contribution in [0.3, 0.4) is 0 Å². The van der Waals surface area contributed by atoms with Gasteiger partial charge in [0.25, 0.3) is 0 Å². The molecule has 0 radical (unpaired) electrons. The molecule has 0 saturated heterocycles. The Morgan fingerprint density at radius 3 is 2.27 bits per heavy atom. The molecular weight excluding hydrogens is 234 g/mol. The first-order valence-corrected chi connectivity index (χ1v) is 4.95. The number of sulfonamides is 1. The molecule has 1 amide bonds. The number of nitrogens with one attached hydrogen (secondary N) is 1. The second-order valence-corrected chi connectivity index (χ2v) is 3.86. The molecule has 0 aliphatic rings. The number of hydrogen-bond acceptors (Lipinski definition) is 4. The zero-order chi connectivity index (χ0) is 11.4. The second-order valence-electron chi connectivity index (χ2n) is 2.19. The van der Waals surface area contributed by atoms with Gasteiger partial charge in [-0.2, -0.15) is 21.6 Å². The van der Waals surface area contributed by atoms with Gasteiger partial charge in [-0.15, -0.1) is 0 Å². The van der Waals surface area contributed by atoms with Crippen LogP contribution in [0, 0.1) is 0 Å². The van der Waals surface area contributed by atoms with Crippen LogP contribution >= 0.6 is 0 Å². The maximum Gasteiger partial charge on any atom is 1.00 e. The summed E-state index contributed by atoms with van der Waals surface area (Å²) in [5, 5.41) is 0. The first kappa shape index (κ1) is 17.0. The van der Waals surface area contributed by atoms with Gasteiger partial charge in [0.15, 0.2) is 0 Å². The molecule has 0 aliphatic carbocycles. The number of carbonyl (C=O) groups is 1. The molecule has 10 heteroatoms. The summed E-state index contributed by atoms with van der Waals surface area (Å²) < 4.78 is 60.4. The van der Waals surface area contributed by atoms with Crippen LogP contribution in [0.2, 0.25) is 0 Å². The van der Waals surface area contributed by atoms with Gasteiger partial charge in [0.2, 0.25) is 0 Å². The zero-order valence-electron chi connectivity index (χ0n) is 9.09. The summed E-state index contributed by atoms with van der Waals surface area (Å²) in [6, 6.07) is 0. The third kappa shape index (κ3) is 5.91. The van der Waals surface area contributed by atoms with E-state index >= 15 is 0 Å². The summed E-state index contributed by atoms with van der Waals surface area (Å²) in [6.07, 6.45) is -1.26. The van der Waals surface area contributed by atoms with Crippen LogP contribution in [0.4, 0.5) is 18.0 Å². The number of amides is 1. The summed E-state index contributed by atoms with van der Waals surface area (Å²) >= 11 is 0. The summed E-state index contributed by atoms with van der Waals surface area (Å²) in [7, 11) is -5.65. The average Bonchev–Trinajstić information content (AvgIpc) is 1.97. The van der Waals surface area contributed by atoms with Gasteiger partial charge >= 0.3 is 40.5 Å². The van der Waals surface area contributed by atoms with Crippen LogP contribution in [-0.4, -0.2) is 26.6 Å². The molecule has 1 N–H and O–H groups in total. The topological polar surface area (TPSA) is 72.5 Å². The summed E-state index contributed by atoms with van der Waals surface area (Å²) in [6.45, 7) is 1.45. The molecule has 0 aromatic carbocycles. The van der Waals surface area contributed by atoms with Crippen molar-refractivity contribution >= 4 is 16.1 Å². The Morgan fingerprint density at radius 2 is 1.93 bits per heavy atom. The van der Waals surface area contributed by atoms with Gasteiger partial charge in [-0.25, -0.2) is 9.52 Å². The monoisotopic (exact) mass is 243 g/mol. The first-order valence-electron chi connectivity index (χ1n) is 3.46. The predicted octanol–water partition coefficient (Wildman–Crippen LogP) is -1.91. The number of hydrogen-bond donors (Lipinski definition) is 1. The molecule has 0 heterocycles. The van der Waals surface area contributed by atoms with Gasteiger partial charge in [-0.1, -0.05) is 6.92 Å². The van der Waals surface area contributed by atoms with E-state index in [-0.39, 0.29) is 26.9 Å². The maximum absolute atomic E-state index is 11.7. The van der Waals surface area contributed by atoms with E-state index in [0.29, 0.717) is 6.42 Å². The minimum absolute atomic E-state index is 0. The fraction of sp³-hybridized carbons (Fsp3) is 0.800. The normalized spacial score (nSPS) is 11.5. The van der Waals surface area contributed by atoms with Crippen molar-refractivity contribution in [3.8, 4) is 0 Å². The first-order chi connectivity index (χ1) is 6.20. The zero-order valence-corrected chi connectivity index (χ0v) is 8.91. The van der Waals surface area contributed by atoms with E-state index in [4.69, 9.17) is 0 Å². The van der Waals surface area contributed by atoms with E-state index in [1.807, 2.05) is 0 Å². The molecule has 0 unspecified atom stereocenters. The Hall–Kier alpha value is -0.393. The SMILES string of the molecule is CCCOC(=O)NS(=O)(=O)C(F)(F)F.[H-].[Li+]. The molecular formula is C5H9F3LiNO4S. The van der Waals surface area contributed by atoms with Crippen LogP contribution in [-0.2, 0) is 14.8 Å².